The normalized spacial score (nSPS) is 11.6. The minimum atomic E-state index is -3.05. The second-order valence-corrected chi connectivity index (χ2v) is 10.6. The van der Waals surface area contributed by atoms with Crippen molar-refractivity contribution in [2.75, 3.05) is 19.0 Å². The Bertz CT molecular complexity index is 1320. The Labute approximate surface area is 196 Å². The van der Waals surface area contributed by atoms with Crippen LogP contribution in [0.4, 0.5) is 4.39 Å². The molecule has 4 rings (SSSR count). The summed E-state index contributed by atoms with van der Waals surface area (Å²) in [7, 11) is -3.05. The van der Waals surface area contributed by atoms with Crippen molar-refractivity contribution in [1.82, 2.24) is 9.97 Å². The Morgan fingerprint density at radius 3 is 2.42 bits per heavy atom. The van der Waals surface area contributed by atoms with Crippen LogP contribution in [-0.2, 0) is 15.6 Å². The van der Waals surface area contributed by atoms with E-state index in [1.54, 1.807) is 43.3 Å². The Kier molecular flexibility index (Phi) is 7.20. The van der Waals surface area contributed by atoms with Crippen molar-refractivity contribution in [3.8, 4) is 22.8 Å². The third kappa shape index (κ3) is 5.85. The lowest BCUT2D eigenvalue weighted by Crippen LogP contribution is -2.07. The van der Waals surface area contributed by atoms with E-state index in [2.05, 4.69) is 9.97 Å². The lowest BCUT2D eigenvalue weighted by Gasteiger charge is -2.10. The van der Waals surface area contributed by atoms with E-state index >= 15 is 0 Å². The highest BCUT2D eigenvalue weighted by Gasteiger charge is 2.14. The molecule has 0 fully saturated rings. The summed E-state index contributed by atoms with van der Waals surface area (Å²) in [4.78, 5) is 9.42. The predicted octanol–water partition coefficient (Wildman–Crippen LogP) is 5.28. The van der Waals surface area contributed by atoms with E-state index in [1.807, 2.05) is 5.38 Å². The SMILES string of the molecule is CCS(=O)(=O)Cc1ccc(OCCCOc2ncnc3scc(-c4ccc(F)cc4)c23)cc1. The fourth-order valence-electron chi connectivity index (χ4n) is 3.25. The summed E-state index contributed by atoms with van der Waals surface area (Å²) in [6, 6.07) is 13.4. The number of sulfone groups is 1. The van der Waals surface area contributed by atoms with Crippen LogP contribution < -0.4 is 9.47 Å². The average molecular weight is 487 g/mol. The average Bonchev–Trinajstić information content (AvgIpc) is 3.25. The van der Waals surface area contributed by atoms with Crippen LogP contribution in [0.15, 0.2) is 60.2 Å². The smallest absolute Gasteiger partial charge is 0.225 e. The Morgan fingerprint density at radius 2 is 1.70 bits per heavy atom. The highest BCUT2D eigenvalue weighted by Crippen LogP contribution is 2.37. The molecule has 4 aromatic rings. The molecule has 0 unspecified atom stereocenters. The van der Waals surface area contributed by atoms with E-state index in [9.17, 15) is 12.8 Å². The second kappa shape index (κ2) is 10.3. The molecule has 0 aliphatic heterocycles. The van der Waals surface area contributed by atoms with Gasteiger partial charge < -0.3 is 9.47 Å². The zero-order valence-electron chi connectivity index (χ0n) is 18.0. The number of fused-ring (bicyclic) bond motifs is 1. The van der Waals surface area contributed by atoms with Gasteiger partial charge >= 0.3 is 0 Å². The largest absolute Gasteiger partial charge is 0.493 e. The molecule has 0 aliphatic rings. The molecule has 0 aliphatic carbocycles. The van der Waals surface area contributed by atoms with Gasteiger partial charge in [-0.25, -0.2) is 22.8 Å². The molecule has 0 saturated carbocycles. The molecule has 0 N–H and O–H groups in total. The van der Waals surface area contributed by atoms with Crippen LogP contribution >= 0.6 is 11.3 Å². The minimum Gasteiger partial charge on any atom is -0.493 e. The molecule has 9 heteroatoms. The second-order valence-electron chi connectivity index (χ2n) is 7.39. The first-order valence-corrected chi connectivity index (χ1v) is 13.2. The Hall–Kier alpha value is -3.04. The lowest BCUT2D eigenvalue weighted by atomic mass is 10.1. The third-order valence-electron chi connectivity index (χ3n) is 5.04. The first kappa shape index (κ1) is 23.1. The first-order valence-electron chi connectivity index (χ1n) is 10.5. The summed E-state index contributed by atoms with van der Waals surface area (Å²) in [5, 5.41) is 2.78. The molecular weight excluding hydrogens is 463 g/mol. The number of rotatable bonds is 10. The number of hydrogen-bond donors (Lipinski definition) is 0. The molecule has 6 nitrogen and oxygen atoms in total. The fraction of sp³-hybridized carbons (Fsp3) is 0.250. The molecule has 2 aromatic carbocycles. The van der Waals surface area contributed by atoms with Crippen molar-refractivity contribution < 1.29 is 22.3 Å². The van der Waals surface area contributed by atoms with E-state index in [1.165, 1.54) is 29.8 Å². The van der Waals surface area contributed by atoms with E-state index in [4.69, 9.17) is 9.47 Å². The van der Waals surface area contributed by atoms with Crippen LogP contribution in [0.3, 0.4) is 0 Å². The molecule has 0 bridgehead atoms. The van der Waals surface area contributed by atoms with Gasteiger partial charge in [0.1, 0.15) is 22.7 Å². The molecule has 0 atom stereocenters. The fourth-order valence-corrected chi connectivity index (χ4v) is 5.07. The predicted molar refractivity (Wildman–Crippen MR) is 128 cm³/mol. The van der Waals surface area contributed by atoms with Gasteiger partial charge in [-0.1, -0.05) is 31.2 Å². The van der Waals surface area contributed by atoms with Gasteiger partial charge in [-0.15, -0.1) is 11.3 Å². The molecule has 0 radical (unpaired) electrons. The van der Waals surface area contributed by atoms with Crippen LogP contribution in [0.1, 0.15) is 18.9 Å². The molecule has 2 aromatic heterocycles. The summed E-state index contributed by atoms with van der Waals surface area (Å²) in [5.74, 6) is 1.04. The number of hydrogen-bond acceptors (Lipinski definition) is 7. The third-order valence-corrected chi connectivity index (χ3v) is 7.58. The van der Waals surface area contributed by atoms with E-state index in [0.717, 1.165) is 26.9 Å². The number of halogens is 1. The molecule has 0 amide bonds. The highest BCUT2D eigenvalue weighted by atomic mass is 32.2. The van der Waals surface area contributed by atoms with Crippen molar-refractivity contribution in [3.05, 3.63) is 71.6 Å². The van der Waals surface area contributed by atoms with Crippen molar-refractivity contribution in [3.63, 3.8) is 0 Å². The van der Waals surface area contributed by atoms with Crippen LogP contribution in [0.25, 0.3) is 21.3 Å². The topological polar surface area (TPSA) is 78.4 Å². The monoisotopic (exact) mass is 486 g/mol. The van der Waals surface area contributed by atoms with E-state index in [-0.39, 0.29) is 17.3 Å². The minimum absolute atomic E-state index is 0.0352. The summed E-state index contributed by atoms with van der Waals surface area (Å²) in [6.07, 6.45) is 2.10. The van der Waals surface area contributed by atoms with Gasteiger partial charge in [0.15, 0.2) is 9.84 Å². The maximum atomic E-state index is 13.3. The van der Waals surface area contributed by atoms with Gasteiger partial charge in [0.25, 0.3) is 0 Å². The van der Waals surface area contributed by atoms with Crippen molar-refractivity contribution >= 4 is 31.4 Å². The molecule has 2 heterocycles. The number of thiophene rings is 1. The maximum Gasteiger partial charge on any atom is 0.225 e. The summed E-state index contributed by atoms with van der Waals surface area (Å²) in [5.41, 5.74) is 2.53. The zero-order chi connectivity index (χ0) is 23.3. The van der Waals surface area contributed by atoms with Crippen molar-refractivity contribution in [2.45, 2.75) is 19.1 Å². The number of benzene rings is 2. The quantitative estimate of drug-likeness (QED) is 0.284. The molecular formula is C24H23FN2O4S2. The summed E-state index contributed by atoms with van der Waals surface area (Å²) in [6.45, 7) is 2.48. The number of nitrogens with zero attached hydrogens (tertiary/aromatic N) is 2. The Balaban J connectivity index is 1.33. The van der Waals surface area contributed by atoms with Gasteiger partial charge in [0.2, 0.25) is 5.88 Å². The van der Waals surface area contributed by atoms with Crippen molar-refractivity contribution in [1.29, 1.82) is 0 Å². The maximum absolute atomic E-state index is 13.3. The van der Waals surface area contributed by atoms with Gasteiger partial charge in [-0.05, 0) is 35.4 Å². The van der Waals surface area contributed by atoms with Crippen LogP contribution in [0.5, 0.6) is 11.6 Å². The molecule has 172 valence electrons. The van der Waals surface area contributed by atoms with Crippen molar-refractivity contribution in [2.24, 2.45) is 0 Å². The van der Waals surface area contributed by atoms with Gasteiger partial charge in [-0.2, -0.15) is 0 Å². The molecule has 0 saturated heterocycles. The first-order chi connectivity index (χ1) is 15.9. The zero-order valence-corrected chi connectivity index (χ0v) is 19.7. The molecule has 0 spiro atoms. The van der Waals surface area contributed by atoms with Gasteiger partial charge in [0, 0.05) is 23.1 Å². The van der Waals surface area contributed by atoms with Crippen LogP contribution in [0, 0.1) is 5.82 Å². The van der Waals surface area contributed by atoms with Gasteiger partial charge in [0.05, 0.1) is 24.4 Å². The Morgan fingerprint density at radius 1 is 0.970 bits per heavy atom. The summed E-state index contributed by atoms with van der Waals surface area (Å²) < 4.78 is 48.4. The van der Waals surface area contributed by atoms with Crippen LogP contribution in [0.2, 0.25) is 0 Å². The lowest BCUT2D eigenvalue weighted by molar-refractivity contribution is 0.244. The standard InChI is InChI=1S/C24H23FN2O4S2/c1-2-33(28,29)15-17-4-10-20(11-5-17)30-12-3-13-31-23-22-21(14-32-24(22)27-16-26-23)18-6-8-19(25)9-7-18/h4-11,14,16H,2-3,12-13,15H2,1H3. The van der Waals surface area contributed by atoms with Gasteiger partial charge in [-0.3, -0.25) is 0 Å². The van der Waals surface area contributed by atoms with Crippen LogP contribution in [-0.4, -0.2) is 37.4 Å². The van der Waals surface area contributed by atoms with E-state index < -0.39 is 9.84 Å². The summed E-state index contributed by atoms with van der Waals surface area (Å²) >= 11 is 1.49. The highest BCUT2D eigenvalue weighted by molar-refractivity contribution is 7.90. The molecule has 33 heavy (non-hydrogen) atoms. The van der Waals surface area contributed by atoms with E-state index in [0.29, 0.717) is 31.3 Å². The number of aromatic nitrogens is 2. The number of ether oxygens (including phenoxy) is 2.